The topological polar surface area (TPSA) is 29.3 Å². The zero-order valence-electron chi connectivity index (χ0n) is 9.36. The third kappa shape index (κ3) is 2.41. The minimum atomic E-state index is 0.311. The molecule has 2 N–H and O–H groups in total. The maximum atomic E-state index is 6.30. The summed E-state index contributed by atoms with van der Waals surface area (Å²) in [6, 6.07) is 5.12. The molecule has 0 aromatic carbocycles. The smallest absolute Gasteiger partial charge is 0.0593 e. The Balaban J connectivity index is 2.22. The number of rotatable bonds is 2. The van der Waals surface area contributed by atoms with E-state index in [4.69, 9.17) is 5.73 Å². The highest BCUT2D eigenvalue weighted by atomic mass is 32.1. The number of hydrogen-bond acceptors (Lipinski definition) is 3. The second kappa shape index (κ2) is 5.10. The van der Waals surface area contributed by atoms with Crippen LogP contribution in [0.1, 0.15) is 37.1 Å². The van der Waals surface area contributed by atoms with Gasteiger partial charge in [0, 0.05) is 10.9 Å². The molecular formula is C12H20N2S. The van der Waals surface area contributed by atoms with Crippen LogP contribution in [0.2, 0.25) is 0 Å². The van der Waals surface area contributed by atoms with Crippen molar-refractivity contribution in [1.29, 1.82) is 0 Å². The molecule has 1 saturated heterocycles. The fraction of sp³-hybridized carbons (Fsp3) is 0.667. The Morgan fingerprint density at radius 1 is 1.53 bits per heavy atom. The molecule has 0 bridgehead atoms. The van der Waals surface area contributed by atoms with E-state index in [1.807, 2.05) is 11.3 Å². The maximum Gasteiger partial charge on any atom is 0.0593 e. The highest BCUT2D eigenvalue weighted by molar-refractivity contribution is 7.10. The molecule has 3 heteroatoms. The molecule has 1 aromatic heterocycles. The summed E-state index contributed by atoms with van der Waals surface area (Å²) >= 11 is 1.84. The normalized spacial score (nSPS) is 28.9. The van der Waals surface area contributed by atoms with Gasteiger partial charge in [0.2, 0.25) is 0 Å². The standard InChI is InChI=1S/C12H20N2S/c1-2-14-8-4-3-6-10(13)12(14)11-7-5-9-15-11/h5,7,9-10,12H,2-4,6,8,13H2,1H3. The Labute approximate surface area is 96.1 Å². The summed E-state index contributed by atoms with van der Waals surface area (Å²) < 4.78 is 0. The molecule has 1 aliphatic rings. The minimum Gasteiger partial charge on any atom is -0.326 e. The molecule has 2 nitrogen and oxygen atoms in total. The van der Waals surface area contributed by atoms with E-state index in [0.29, 0.717) is 12.1 Å². The third-order valence-corrected chi connectivity index (χ3v) is 4.22. The van der Waals surface area contributed by atoms with Crippen molar-refractivity contribution in [1.82, 2.24) is 4.90 Å². The largest absolute Gasteiger partial charge is 0.326 e. The molecular weight excluding hydrogens is 204 g/mol. The van der Waals surface area contributed by atoms with Gasteiger partial charge in [-0.2, -0.15) is 0 Å². The van der Waals surface area contributed by atoms with Gasteiger partial charge in [0.25, 0.3) is 0 Å². The van der Waals surface area contributed by atoms with Crippen LogP contribution in [-0.2, 0) is 0 Å². The lowest BCUT2D eigenvalue weighted by Gasteiger charge is -2.31. The van der Waals surface area contributed by atoms with Gasteiger partial charge >= 0.3 is 0 Å². The number of likely N-dealkylation sites (N-methyl/N-ethyl adjacent to an activating group) is 1. The van der Waals surface area contributed by atoms with E-state index in [0.717, 1.165) is 6.54 Å². The van der Waals surface area contributed by atoms with Gasteiger partial charge in [-0.15, -0.1) is 11.3 Å². The monoisotopic (exact) mass is 224 g/mol. The second-order valence-corrected chi connectivity index (χ2v) is 5.23. The summed E-state index contributed by atoms with van der Waals surface area (Å²) in [5, 5.41) is 2.15. The van der Waals surface area contributed by atoms with Crippen molar-refractivity contribution in [2.24, 2.45) is 5.73 Å². The Bertz CT molecular complexity index is 284. The number of nitrogens with zero attached hydrogens (tertiary/aromatic N) is 1. The van der Waals surface area contributed by atoms with Crippen LogP contribution in [0.5, 0.6) is 0 Å². The summed E-state index contributed by atoms with van der Waals surface area (Å²) in [5.74, 6) is 0. The SMILES string of the molecule is CCN1CCCCC(N)C1c1cccs1. The quantitative estimate of drug-likeness (QED) is 0.836. The minimum absolute atomic E-state index is 0.311. The molecule has 0 spiro atoms. The first-order chi connectivity index (χ1) is 7.33. The Hall–Kier alpha value is -0.380. The molecule has 15 heavy (non-hydrogen) atoms. The van der Waals surface area contributed by atoms with Gasteiger partial charge in [-0.25, -0.2) is 0 Å². The highest BCUT2D eigenvalue weighted by Gasteiger charge is 2.28. The van der Waals surface area contributed by atoms with E-state index in [9.17, 15) is 0 Å². The molecule has 1 fully saturated rings. The first-order valence-corrected chi connectivity index (χ1v) is 6.74. The van der Waals surface area contributed by atoms with Gasteiger partial charge in [-0.1, -0.05) is 19.4 Å². The van der Waals surface area contributed by atoms with Gasteiger partial charge < -0.3 is 5.73 Å². The van der Waals surface area contributed by atoms with Crippen molar-refractivity contribution < 1.29 is 0 Å². The number of thiophene rings is 1. The van der Waals surface area contributed by atoms with Crippen LogP contribution >= 0.6 is 11.3 Å². The molecule has 2 rings (SSSR count). The van der Waals surface area contributed by atoms with Gasteiger partial charge in [0.1, 0.15) is 0 Å². The van der Waals surface area contributed by atoms with Gasteiger partial charge in [0.05, 0.1) is 6.04 Å². The highest BCUT2D eigenvalue weighted by Crippen LogP contribution is 2.31. The Morgan fingerprint density at radius 2 is 2.40 bits per heavy atom. The lowest BCUT2D eigenvalue weighted by molar-refractivity contribution is 0.198. The molecule has 1 aromatic rings. The average Bonchev–Trinajstić information content (AvgIpc) is 2.69. The summed E-state index contributed by atoms with van der Waals surface area (Å²) in [6.45, 7) is 4.54. The van der Waals surface area contributed by atoms with Crippen LogP contribution < -0.4 is 5.73 Å². The van der Waals surface area contributed by atoms with E-state index in [2.05, 4.69) is 29.3 Å². The number of likely N-dealkylation sites (tertiary alicyclic amines) is 1. The molecule has 2 atom stereocenters. The molecule has 0 amide bonds. The van der Waals surface area contributed by atoms with Crippen molar-refractivity contribution >= 4 is 11.3 Å². The summed E-state index contributed by atoms with van der Waals surface area (Å²) in [4.78, 5) is 3.97. The Kier molecular flexibility index (Phi) is 3.78. The molecule has 0 radical (unpaired) electrons. The van der Waals surface area contributed by atoms with Crippen molar-refractivity contribution in [3.8, 4) is 0 Å². The van der Waals surface area contributed by atoms with E-state index in [1.54, 1.807) is 0 Å². The zero-order valence-corrected chi connectivity index (χ0v) is 10.2. The summed E-state index contributed by atoms with van der Waals surface area (Å²) in [6.07, 6.45) is 3.74. The third-order valence-electron chi connectivity index (χ3n) is 3.27. The van der Waals surface area contributed by atoms with Gasteiger partial charge in [-0.3, -0.25) is 4.90 Å². The first-order valence-electron chi connectivity index (χ1n) is 5.86. The predicted octanol–water partition coefficient (Wildman–Crippen LogP) is 2.62. The van der Waals surface area contributed by atoms with Crippen LogP contribution in [0.3, 0.4) is 0 Å². The molecule has 2 unspecified atom stereocenters. The fourth-order valence-electron chi connectivity index (χ4n) is 2.47. The van der Waals surface area contributed by atoms with Crippen molar-refractivity contribution in [2.45, 2.75) is 38.3 Å². The number of hydrogen-bond donors (Lipinski definition) is 1. The summed E-state index contributed by atoms with van der Waals surface area (Å²) in [7, 11) is 0. The Morgan fingerprint density at radius 3 is 3.07 bits per heavy atom. The summed E-state index contributed by atoms with van der Waals surface area (Å²) in [5.41, 5.74) is 6.30. The van der Waals surface area contributed by atoms with E-state index in [1.165, 1.54) is 30.7 Å². The van der Waals surface area contributed by atoms with E-state index in [-0.39, 0.29) is 0 Å². The predicted molar refractivity (Wildman–Crippen MR) is 66.1 cm³/mol. The van der Waals surface area contributed by atoms with Crippen molar-refractivity contribution in [3.63, 3.8) is 0 Å². The molecule has 84 valence electrons. The zero-order chi connectivity index (χ0) is 10.7. The lowest BCUT2D eigenvalue weighted by Crippen LogP contribution is -2.39. The van der Waals surface area contributed by atoms with Crippen molar-refractivity contribution in [2.75, 3.05) is 13.1 Å². The van der Waals surface area contributed by atoms with Gasteiger partial charge in [0.15, 0.2) is 0 Å². The maximum absolute atomic E-state index is 6.30. The molecule has 1 aliphatic heterocycles. The number of nitrogens with two attached hydrogens (primary N) is 1. The van der Waals surface area contributed by atoms with Crippen LogP contribution in [0.25, 0.3) is 0 Å². The van der Waals surface area contributed by atoms with Crippen LogP contribution in [-0.4, -0.2) is 24.0 Å². The van der Waals surface area contributed by atoms with Crippen molar-refractivity contribution in [3.05, 3.63) is 22.4 Å². The van der Waals surface area contributed by atoms with Gasteiger partial charge in [-0.05, 0) is 37.4 Å². The lowest BCUT2D eigenvalue weighted by atomic mass is 10.0. The van der Waals surface area contributed by atoms with Crippen LogP contribution in [0.15, 0.2) is 17.5 Å². The second-order valence-electron chi connectivity index (χ2n) is 4.25. The van der Waals surface area contributed by atoms with Crippen LogP contribution in [0, 0.1) is 0 Å². The van der Waals surface area contributed by atoms with Crippen LogP contribution in [0.4, 0.5) is 0 Å². The van der Waals surface area contributed by atoms with E-state index < -0.39 is 0 Å². The average molecular weight is 224 g/mol. The fourth-order valence-corrected chi connectivity index (χ4v) is 3.40. The first kappa shape index (κ1) is 11.1. The van der Waals surface area contributed by atoms with E-state index >= 15 is 0 Å². The molecule has 0 aliphatic carbocycles. The molecule has 0 saturated carbocycles. The molecule has 2 heterocycles.